The Balaban J connectivity index is 1.50. The molecule has 1 saturated carbocycles. The number of urea groups is 1. The molecule has 2 amide bonds. The van der Waals surface area contributed by atoms with Crippen molar-refractivity contribution in [2.45, 2.75) is 50.5 Å². The molecule has 1 saturated heterocycles. The van der Waals surface area contributed by atoms with Gasteiger partial charge in [-0.05, 0) is 43.4 Å². The summed E-state index contributed by atoms with van der Waals surface area (Å²) in [6, 6.07) is 4.04. The van der Waals surface area contributed by atoms with Crippen LogP contribution in [0.4, 0.5) is 9.93 Å². The van der Waals surface area contributed by atoms with E-state index < -0.39 is 0 Å². The number of carbonyl (C=O) groups excluding carboxylic acids is 1. The molecule has 24 heavy (non-hydrogen) atoms. The molecule has 4 rings (SSSR count). The van der Waals surface area contributed by atoms with E-state index in [1.165, 1.54) is 24.2 Å². The predicted molar refractivity (Wildman–Crippen MR) is 93.1 cm³/mol. The third-order valence-electron chi connectivity index (χ3n) is 4.69. The predicted octanol–water partition coefficient (Wildman–Crippen LogP) is 3.96. The quantitative estimate of drug-likeness (QED) is 0.915. The number of nitrogens with one attached hydrogen (secondary N) is 1. The number of rotatable bonds is 3. The average molecular weight is 343 g/mol. The second kappa shape index (κ2) is 6.84. The molecule has 1 aliphatic heterocycles. The fourth-order valence-electron chi connectivity index (χ4n) is 3.23. The third kappa shape index (κ3) is 3.40. The highest BCUT2D eigenvalue weighted by molar-refractivity contribution is 7.15. The summed E-state index contributed by atoms with van der Waals surface area (Å²) in [4.78, 5) is 18.9. The van der Waals surface area contributed by atoms with Crippen LogP contribution in [0.5, 0.6) is 0 Å². The van der Waals surface area contributed by atoms with E-state index in [0.29, 0.717) is 11.0 Å². The van der Waals surface area contributed by atoms with Crippen LogP contribution in [0.3, 0.4) is 0 Å². The molecule has 1 N–H and O–H groups in total. The second-order valence-electron chi connectivity index (χ2n) is 6.49. The standard InChI is InChI=1S/C17H21N5OS/c23-17(19-16-21-20-15(24-16)13-5-6-13)22-11-3-1-2-4-14(22)12-7-9-18-10-8-12/h7-10,13-14H,1-6,11H2,(H,19,21,23)/t14-/m0/s1. The largest absolute Gasteiger partial charge is 0.324 e. The fourth-order valence-corrected chi connectivity index (χ4v) is 4.13. The normalized spacial score (nSPS) is 21.3. The minimum atomic E-state index is -0.0720. The van der Waals surface area contributed by atoms with Gasteiger partial charge in [0.1, 0.15) is 5.01 Å². The first-order valence-electron chi connectivity index (χ1n) is 8.62. The molecule has 0 bridgehead atoms. The number of likely N-dealkylation sites (tertiary alicyclic amines) is 1. The summed E-state index contributed by atoms with van der Waals surface area (Å²) in [6.07, 6.45) is 10.3. The topological polar surface area (TPSA) is 71.0 Å². The van der Waals surface area contributed by atoms with E-state index in [1.807, 2.05) is 17.0 Å². The van der Waals surface area contributed by atoms with E-state index in [9.17, 15) is 4.79 Å². The van der Waals surface area contributed by atoms with E-state index in [2.05, 4.69) is 20.5 Å². The molecule has 0 aromatic carbocycles. The number of anilines is 1. The second-order valence-corrected chi connectivity index (χ2v) is 7.50. The Kier molecular flexibility index (Phi) is 4.42. The Morgan fingerprint density at radius 2 is 1.96 bits per heavy atom. The Hall–Kier alpha value is -2.02. The number of aromatic nitrogens is 3. The summed E-state index contributed by atoms with van der Waals surface area (Å²) < 4.78 is 0. The zero-order valence-corrected chi connectivity index (χ0v) is 14.3. The summed E-state index contributed by atoms with van der Waals surface area (Å²) >= 11 is 1.51. The molecule has 0 unspecified atom stereocenters. The third-order valence-corrected chi connectivity index (χ3v) is 5.69. The number of nitrogens with zero attached hydrogens (tertiary/aromatic N) is 4. The lowest BCUT2D eigenvalue weighted by Gasteiger charge is -2.30. The van der Waals surface area contributed by atoms with Crippen molar-refractivity contribution in [3.8, 4) is 0 Å². The minimum absolute atomic E-state index is 0.0720. The Labute approximate surface area is 145 Å². The molecule has 2 fully saturated rings. The summed E-state index contributed by atoms with van der Waals surface area (Å²) in [7, 11) is 0. The van der Waals surface area contributed by atoms with Crippen LogP contribution in [-0.4, -0.2) is 32.7 Å². The molecule has 1 atom stereocenters. The molecule has 2 aromatic heterocycles. The molecule has 0 radical (unpaired) electrons. The van der Waals surface area contributed by atoms with Gasteiger partial charge in [-0.25, -0.2) is 4.79 Å². The highest BCUT2D eigenvalue weighted by Gasteiger charge is 2.30. The van der Waals surface area contributed by atoms with Gasteiger partial charge in [0.05, 0.1) is 6.04 Å². The zero-order valence-electron chi connectivity index (χ0n) is 13.5. The fraction of sp³-hybridized carbons (Fsp3) is 0.529. The van der Waals surface area contributed by atoms with Gasteiger partial charge in [-0.3, -0.25) is 10.3 Å². The van der Waals surface area contributed by atoms with Crippen LogP contribution in [0.1, 0.15) is 61.1 Å². The van der Waals surface area contributed by atoms with E-state index in [-0.39, 0.29) is 12.1 Å². The summed E-state index contributed by atoms with van der Waals surface area (Å²) in [6.45, 7) is 0.771. The smallest absolute Gasteiger partial charge is 0.317 e. The van der Waals surface area contributed by atoms with Crippen molar-refractivity contribution < 1.29 is 4.79 Å². The van der Waals surface area contributed by atoms with Crippen LogP contribution in [0.15, 0.2) is 24.5 Å². The molecule has 2 aliphatic rings. The molecule has 2 aromatic rings. The maximum Gasteiger partial charge on any atom is 0.324 e. The average Bonchev–Trinajstić information content (AvgIpc) is 3.40. The van der Waals surface area contributed by atoms with Crippen LogP contribution >= 0.6 is 11.3 Å². The monoisotopic (exact) mass is 343 g/mol. The number of pyridine rings is 1. The minimum Gasteiger partial charge on any atom is -0.317 e. The van der Waals surface area contributed by atoms with Gasteiger partial charge in [-0.15, -0.1) is 10.2 Å². The first-order valence-corrected chi connectivity index (χ1v) is 9.44. The summed E-state index contributed by atoms with van der Waals surface area (Å²) in [5.74, 6) is 0.566. The van der Waals surface area contributed by atoms with Gasteiger partial charge in [0.25, 0.3) is 0 Å². The van der Waals surface area contributed by atoms with E-state index in [4.69, 9.17) is 0 Å². The highest BCUT2D eigenvalue weighted by atomic mass is 32.1. The van der Waals surface area contributed by atoms with Crippen molar-refractivity contribution >= 4 is 22.5 Å². The maximum absolute atomic E-state index is 12.8. The molecular formula is C17H21N5OS. The van der Waals surface area contributed by atoms with Gasteiger partial charge < -0.3 is 4.90 Å². The number of carbonyl (C=O) groups is 1. The van der Waals surface area contributed by atoms with Gasteiger partial charge >= 0.3 is 6.03 Å². The molecule has 7 heteroatoms. The Morgan fingerprint density at radius 1 is 1.12 bits per heavy atom. The Morgan fingerprint density at radius 3 is 2.75 bits per heavy atom. The number of hydrogen-bond acceptors (Lipinski definition) is 5. The molecule has 1 aliphatic carbocycles. The van der Waals surface area contributed by atoms with Crippen molar-refractivity contribution in [2.75, 3.05) is 11.9 Å². The SMILES string of the molecule is O=C(Nc1nnc(C2CC2)s1)N1CCCCC[C@H]1c1ccncc1. The van der Waals surface area contributed by atoms with E-state index in [1.54, 1.807) is 12.4 Å². The van der Waals surface area contributed by atoms with E-state index in [0.717, 1.165) is 42.8 Å². The van der Waals surface area contributed by atoms with Gasteiger partial charge in [0.2, 0.25) is 5.13 Å². The summed E-state index contributed by atoms with van der Waals surface area (Å²) in [5.41, 5.74) is 1.15. The molecule has 0 spiro atoms. The molecule has 3 heterocycles. The van der Waals surface area contributed by atoms with E-state index >= 15 is 0 Å². The van der Waals surface area contributed by atoms with Crippen LogP contribution in [0.2, 0.25) is 0 Å². The number of hydrogen-bond donors (Lipinski definition) is 1. The molecule has 6 nitrogen and oxygen atoms in total. The zero-order chi connectivity index (χ0) is 16.4. The van der Waals surface area contributed by atoms with Crippen molar-refractivity contribution in [3.05, 3.63) is 35.1 Å². The van der Waals surface area contributed by atoms with Crippen LogP contribution in [-0.2, 0) is 0 Å². The lowest BCUT2D eigenvalue weighted by molar-refractivity contribution is 0.189. The van der Waals surface area contributed by atoms with Crippen molar-refractivity contribution in [1.82, 2.24) is 20.1 Å². The lowest BCUT2D eigenvalue weighted by atomic mass is 10.0. The van der Waals surface area contributed by atoms with Crippen molar-refractivity contribution in [3.63, 3.8) is 0 Å². The lowest BCUT2D eigenvalue weighted by Crippen LogP contribution is -2.38. The van der Waals surface area contributed by atoms with Gasteiger partial charge in [-0.1, -0.05) is 24.2 Å². The summed E-state index contributed by atoms with van der Waals surface area (Å²) in [5, 5.41) is 12.9. The maximum atomic E-state index is 12.8. The highest BCUT2D eigenvalue weighted by Crippen LogP contribution is 2.42. The first kappa shape index (κ1) is 15.5. The van der Waals surface area contributed by atoms with Gasteiger partial charge in [0, 0.05) is 24.9 Å². The first-order chi connectivity index (χ1) is 11.8. The van der Waals surface area contributed by atoms with Crippen LogP contribution in [0.25, 0.3) is 0 Å². The van der Waals surface area contributed by atoms with Crippen LogP contribution in [0, 0.1) is 0 Å². The molecule has 126 valence electrons. The molecular weight excluding hydrogens is 322 g/mol. The van der Waals surface area contributed by atoms with Crippen molar-refractivity contribution in [1.29, 1.82) is 0 Å². The van der Waals surface area contributed by atoms with Crippen LogP contribution < -0.4 is 5.32 Å². The Bertz CT molecular complexity index is 700. The van der Waals surface area contributed by atoms with Gasteiger partial charge in [-0.2, -0.15) is 0 Å². The number of amides is 2. The van der Waals surface area contributed by atoms with Crippen molar-refractivity contribution in [2.24, 2.45) is 0 Å². The van der Waals surface area contributed by atoms with Gasteiger partial charge in [0.15, 0.2) is 0 Å².